The van der Waals surface area contributed by atoms with Crippen molar-refractivity contribution in [1.82, 2.24) is 30.0 Å². The number of nitrogens with zero attached hydrogens (tertiary/aromatic N) is 6. The van der Waals surface area contributed by atoms with Crippen LogP contribution in [-0.4, -0.2) is 75.2 Å². The fraction of sp³-hybridized carbons (Fsp3) is 0.467. The van der Waals surface area contributed by atoms with Gasteiger partial charge < -0.3 is 9.64 Å². The van der Waals surface area contributed by atoms with Crippen LogP contribution in [0.3, 0.4) is 0 Å². The first-order chi connectivity index (χ1) is 11.7. The fourth-order valence-electron chi connectivity index (χ4n) is 2.56. The predicted octanol–water partition coefficient (Wildman–Crippen LogP) is 0.550. The number of benzene rings is 1. The quantitative estimate of drug-likeness (QED) is 0.757. The standard InChI is InChI=1S/C15H19ClN6O2/c16-13-3-1-2-4-14(13)24-10-9-20-5-7-21(8-6-20)15(23)11-22-12-17-18-19-22/h1-4,12H,5-11H2. The molecule has 0 N–H and O–H groups in total. The molecule has 24 heavy (non-hydrogen) atoms. The summed E-state index contributed by atoms with van der Waals surface area (Å²) in [5.41, 5.74) is 0. The molecule has 1 fully saturated rings. The number of piperazine rings is 1. The smallest absolute Gasteiger partial charge is 0.244 e. The molecular weight excluding hydrogens is 332 g/mol. The van der Waals surface area contributed by atoms with Crippen molar-refractivity contribution >= 4 is 17.5 Å². The zero-order valence-corrected chi connectivity index (χ0v) is 14.0. The lowest BCUT2D eigenvalue weighted by Crippen LogP contribution is -2.50. The summed E-state index contributed by atoms with van der Waals surface area (Å²) in [4.78, 5) is 16.3. The van der Waals surface area contributed by atoms with Gasteiger partial charge in [0.25, 0.3) is 0 Å². The first kappa shape index (κ1) is 16.7. The fourth-order valence-corrected chi connectivity index (χ4v) is 2.75. The Balaban J connectivity index is 1.37. The van der Waals surface area contributed by atoms with E-state index >= 15 is 0 Å². The van der Waals surface area contributed by atoms with Gasteiger partial charge in [-0.15, -0.1) is 5.10 Å². The van der Waals surface area contributed by atoms with Gasteiger partial charge in [-0.2, -0.15) is 0 Å². The van der Waals surface area contributed by atoms with E-state index in [1.165, 1.54) is 11.0 Å². The molecule has 1 aliphatic heterocycles. The Labute approximate surface area is 144 Å². The molecule has 1 amide bonds. The van der Waals surface area contributed by atoms with Crippen LogP contribution in [0.4, 0.5) is 0 Å². The van der Waals surface area contributed by atoms with Crippen molar-refractivity contribution in [2.45, 2.75) is 6.54 Å². The van der Waals surface area contributed by atoms with Gasteiger partial charge in [-0.1, -0.05) is 23.7 Å². The van der Waals surface area contributed by atoms with Gasteiger partial charge in [0.2, 0.25) is 5.91 Å². The second-order valence-electron chi connectivity index (χ2n) is 5.51. The zero-order chi connectivity index (χ0) is 16.8. The van der Waals surface area contributed by atoms with Crippen LogP contribution in [0.25, 0.3) is 0 Å². The number of hydrogen-bond acceptors (Lipinski definition) is 6. The minimum Gasteiger partial charge on any atom is -0.491 e. The van der Waals surface area contributed by atoms with Crippen LogP contribution in [0.2, 0.25) is 5.02 Å². The van der Waals surface area contributed by atoms with Gasteiger partial charge in [0, 0.05) is 32.7 Å². The third-order valence-electron chi connectivity index (χ3n) is 3.92. The number of halogens is 1. The molecule has 1 aromatic heterocycles. The van der Waals surface area contributed by atoms with Crippen LogP contribution in [0, 0.1) is 0 Å². The Kier molecular flexibility index (Phi) is 5.60. The van der Waals surface area contributed by atoms with Crippen LogP contribution in [0.5, 0.6) is 5.75 Å². The molecule has 1 aliphatic rings. The van der Waals surface area contributed by atoms with E-state index in [4.69, 9.17) is 16.3 Å². The highest BCUT2D eigenvalue weighted by molar-refractivity contribution is 6.32. The Morgan fingerprint density at radius 2 is 2.00 bits per heavy atom. The number of carbonyl (C=O) groups is 1. The summed E-state index contributed by atoms with van der Waals surface area (Å²) in [6.45, 7) is 4.62. The van der Waals surface area contributed by atoms with E-state index in [2.05, 4.69) is 20.4 Å². The normalized spacial score (nSPS) is 15.5. The largest absolute Gasteiger partial charge is 0.491 e. The maximum absolute atomic E-state index is 12.2. The van der Waals surface area contributed by atoms with Gasteiger partial charge in [-0.3, -0.25) is 9.69 Å². The van der Waals surface area contributed by atoms with E-state index in [9.17, 15) is 4.79 Å². The highest BCUT2D eigenvalue weighted by Crippen LogP contribution is 2.22. The van der Waals surface area contributed by atoms with Gasteiger partial charge in [0.05, 0.1) is 5.02 Å². The third-order valence-corrected chi connectivity index (χ3v) is 4.23. The molecule has 8 nitrogen and oxygen atoms in total. The second-order valence-corrected chi connectivity index (χ2v) is 5.92. The Bertz CT molecular complexity index is 658. The molecule has 3 rings (SSSR count). The molecule has 0 spiro atoms. The van der Waals surface area contributed by atoms with Gasteiger partial charge in [-0.25, -0.2) is 4.68 Å². The van der Waals surface area contributed by atoms with Crippen LogP contribution < -0.4 is 4.74 Å². The lowest BCUT2D eigenvalue weighted by Gasteiger charge is -2.34. The number of tetrazole rings is 1. The van der Waals surface area contributed by atoms with Crippen LogP contribution in [-0.2, 0) is 11.3 Å². The number of aromatic nitrogens is 4. The number of para-hydroxylation sites is 1. The van der Waals surface area contributed by atoms with E-state index in [1.54, 1.807) is 0 Å². The molecule has 2 heterocycles. The zero-order valence-electron chi connectivity index (χ0n) is 13.2. The summed E-state index contributed by atoms with van der Waals surface area (Å²) in [7, 11) is 0. The Morgan fingerprint density at radius 3 is 2.71 bits per heavy atom. The van der Waals surface area contributed by atoms with Crippen molar-refractivity contribution in [3.8, 4) is 5.75 Å². The molecular formula is C15H19ClN6O2. The summed E-state index contributed by atoms with van der Waals surface area (Å²) in [6, 6.07) is 7.45. The molecule has 1 aromatic carbocycles. The number of rotatable bonds is 6. The predicted molar refractivity (Wildman–Crippen MR) is 87.8 cm³/mol. The molecule has 0 unspecified atom stereocenters. The average molecular weight is 351 g/mol. The van der Waals surface area contributed by atoms with Gasteiger partial charge in [-0.05, 0) is 22.6 Å². The summed E-state index contributed by atoms with van der Waals surface area (Å²) in [5.74, 6) is 0.740. The van der Waals surface area contributed by atoms with Crippen molar-refractivity contribution in [3.63, 3.8) is 0 Å². The number of ether oxygens (including phenoxy) is 1. The molecule has 0 radical (unpaired) electrons. The highest BCUT2D eigenvalue weighted by Gasteiger charge is 2.21. The lowest BCUT2D eigenvalue weighted by molar-refractivity contribution is -0.133. The molecule has 0 bridgehead atoms. The van der Waals surface area contributed by atoms with Gasteiger partial charge >= 0.3 is 0 Å². The highest BCUT2D eigenvalue weighted by atomic mass is 35.5. The summed E-state index contributed by atoms with van der Waals surface area (Å²) in [6.07, 6.45) is 1.44. The van der Waals surface area contributed by atoms with E-state index in [0.29, 0.717) is 30.5 Å². The van der Waals surface area contributed by atoms with Crippen molar-refractivity contribution < 1.29 is 9.53 Å². The topological polar surface area (TPSA) is 76.4 Å². The monoisotopic (exact) mass is 350 g/mol. The maximum atomic E-state index is 12.2. The second kappa shape index (κ2) is 8.07. The van der Waals surface area contributed by atoms with Crippen LogP contribution in [0.1, 0.15) is 0 Å². The third kappa shape index (κ3) is 4.42. The lowest BCUT2D eigenvalue weighted by atomic mass is 10.3. The van der Waals surface area contributed by atoms with Gasteiger partial charge in [0.15, 0.2) is 0 Å². The Hall–Kier alpha value is -2.19. The van der Waals surface area contributed by atoms with Crippen LogP contribution in [0.15, 0.2) is 30.6 Å². The van der Waals surface area contributed by atoms with Crippen molar-refractivity contribution in [1.29, 1.82) is 0 Å². The van der Waals surface area contributed by atoms with Crippen molar-refractivity contribution in [2.75, 3.05) is 39.3 Å². The molecule has 9 heteroatoms. The van der Waals surface area contributed by atoms with Crippen molar-refractivity contribution in [3.05, 3.63) is 35.6 Å². The number of carbonyl (C=O) groups excluding carboxylic acids is 1. The summed E-state index contributed by atoms with van der Waals surface area (Å²) < 4.78 is 7.14. The van der Waals surface area contributed by atoms with E-state index in [-0.39, 0.29) is 12.5 Å². The first-order valence-corrected chi connectivity index (χ1v) is 8.18. The first-order valence-electron chi connectivity index (χ1n) is 7.80. The van der Waals surface area contributed by atoms with E-state index in [1.807, 2.05) is 29.2 Å². The number of hydrogen-bond donors (Lipinski definition) is 0. The molecule has 128 valence electrons. The minimum absolute atomic E-state index is 0.0364. The Morgan fingerprint density at radius 1 is 1.21 bits per heavy atom. The molecule has 1 saturated heterocycles. The van der Waals surface area contributed by atoms with Crippen molar-refractivity contribution in [2.24, 2.45) is 0 Å². The molecule has 2 aromatic rings. The SMILES string of the molecule is O=C(Cn1cnnn1)N1CCN(CCOc2ccccc2Cl)CC1. The maximum Gasteiger partial charge on any atom is 0.244 e. The van der Waals surface area contributed by atoms with Gasteiger partial charge in [0.1, 0.15) is 25.2 Å². The minimum atomic E-state index is 0.0364. The number of amides is 1. The average Bonchev–Trinajstić information content (AvgIpc) is 3.10. The molecule has 0 saturated carbocycles. The van der Waals surface area contributed by atoms with Crippen LogP contribution >= 0.6 is 11.6 Å². The molecule has 0 atom stereocenters. The van der Waals surface area contributed by atoms with E-state index in [0.717, 1.165) is 19.6 Å². The molecule has 0 aliphatic carbocycles. The summed E-state index contributed by atoms with van der Waals surface area (Å²) >= 11 is 6.06. The summed E-state index contributed by atoms with van der Waals surface area (Å²) in [5, 5.41) is 11.4. The van der Waals surface area contributed by atoms with E-state index < -0.39 is 0 Å².